The zero-order chi connectivity index (χ0) is 15.7. The predicted molar refractivity (Wildman–Crippen MR) is 82.5 cm³/mol. The van der Waals surface area contributed by atoms with Crippen molar-refractivity contribution in [2.24, 2.45) is 0 Å². The zero-order valence-electron chi connectivity index (χ0n) is 13.1. The Hall–Kier alpha value is -1.18. The topological polar surface area (TPSA) is 46.2 Å². The fourth-order valence-corrected chi connectivity index (χ4v) is 3.74. The van der Waals surface area contributed by atoms with Crippen LogP contribution in [0.4, 0.5) is 0 Å². The van der Waals surface area contributed by atoms with Crippen molar-refractivity contribution in [3.8, 4) is 0 Å². The minimum absolute atomic E-state index is 0.249. The van der Waals surface area contributed by atoms with Crippen molar-refractivity contribution in [3.05, 3.63) is 48.2 Å². The number of hydrogen-bond acceptors (Lipinski definition) is 5. The van der Waals surface area contributed by atoms with Crippen molar-refractivity contribution in [1.82, 2.24) is 0 Å². The van der Waals surface area contributed by atoms with Crippen molar-refractivity contribution >= 4 is 8.80 Å². The molecular weight excluding hydrogens is 288 g/mol. The second kappa shape index (κ2) is 8.96. The maximum Gasteiger partial charge on any atom is 0.530 e. The van der Waals surface area contributed by atoms with Gasteiger partial charge < -0.3 is 22.8 Å². The van der Waals surface area contributed by atoms with E-state index in [-0.39, 0.29) is 5.73 Å². The fourth-order valence-electron chi connectivity index (χ4n) is 1.96. The molecule has 1 unspecified atom stereocenters. The van der Waals surface area contributed by atoms with Gasteiger partial charge in [0.1, 0.15) is 12.3 Å². The molecule has 0 saturated carbocycles. The molecule has 0 aliphatic rings. The second-order valence-corrected chi connectivity index (χ2v) is 7.71. The molecule has 1 aromatic carbocycles. The normalized spacial score (nSPS) is 13.0. The van der Waals surface area contributed by atoms with Gasteiger partial charge in [0, 0.05) is 21.3 Å². The van der Waals surface area contributed by atoms with E-state index in [0.29, 0.717) is 13.2 Å². The van der Waals surface area contributed by atoms with Crippen molar-refractivity contribution < 1.29 is 22.8 Å². The van der Waals surface area contributed by atoms with Gasteiger partial charge in [-0.2, -0.15) is 0 Å². The van der Waals surface area contributed by atoms with Crippen LogP contribution in [0.3, 0.4) is 0 Å². The quantitative estimate of drug-likeness (QED) is 0.491. The van der Waals surface area contributed by atoms with Crippen LogP contribution in [0.15, 0.2) is 37.1 Å². The molecule has 1 atom stereocenters. The molecule has 0 spiro atoms. The zero-order valence-corrected chi connectivity index (χ0v) is 14.1. The van der Waals surface area contributed by atoms with E-state index in [1.807, 2.05) is 31.2 Å². The van der Waals surface area contributed by atoms with Crippen LogP contribution in [0.2, 0.25) is 0 Å². The summed E-state index contributed by atoms with van der Waals surface area (Å²) in [6, 6.07) is 8.01. The van der Waals surface area contributed by atoms with Gasteiger partial charge in [-0.1, -0.05) is 30.8 Å². The SMILES string of the molecule is C=COCc1ccc(COC(C)[Si](OC)(OC)OC)cc1. The number of rotatable bonds is 10. The Labute approximate surface area is 127 Å². The van der Waals surface area contributed by atoms with E-state index in [4.69, 9.17) is 22.8 Å². The first kappa shape index (κ1) is 17.9. The molecule has 118 valence electrons. The van der Waals surface area contributed by atoms with Gasteiger partial charge in [0.05, 0.1) is 12.9 Å². The Balaban J connectivity index is 2.56. The molecule has 0 heterocycles. The highest BCUT2D eigenvalue weighted by Crippen LogP contribution is 2.17. The lowest BCUT2D eigenvalue weighted by Crippen LogP contribution is -2.54. The summed E-state index contributed by atoms with van der Waals surface area (Å²) in [7, 11) is 1.97. The molecule has 0 aliphatic heterocycles. The summed E-state index contributed by atoms with van der Waals surface area (Å²) >= 11 is 0. The first-order valence-corrected chi connectivity index (χ1v) is 8.49. The largest absolute Gasteiger partial charge is 0.530 e. The molecule has 0 bridgehead atoms. The average Bonchev–Trinajstić information content (AvgIpc) is 2.54. The lowest BCUT2D eigenvalue weighted by atomic mass is 10.1. The lowest BCUT2D eigenvalue weighted by molar-refractivity contribution is 0.0139. The van der Waals surface area contributed by atoms with E-state index in [1.165, 1.54) is 6.26 Å². The van der Waals surface area contributed by atoms with E-state index in [2.05, 4.69) is 6.58 Å². The van der Waals surface area contributed by atoms with Crippen molar-refractivity contribution in [1.29, 1.82) is 0 Å². The Kier molecular flexibility index (Phi) is 7.63. The van der Waals surface area contributed by atoms with Crippen molar-refractivity contribution in [2.75, 3.05) is 21.3 Å². The molecule has 1 rings (SSSR count). The maximum absolute atomic E-state index is 5.83. The van der Waals surface area contributed by atoms with Crippen LogP contribution < -0.4 is 0 Å². The second-order valence-electron chi connectivity index (χ2n) is 4.46. The van der Waals surface area contributed by atoms with Crippen LogP contribution in [0, 0.1) is 0 Å². The third-order valence-electron chi connectivity index (χ3n) is 3.24. The van der Waals surface area contributed by atoms with E-state index < -0.39 is 8.80 Å². The molecule has 6 heteroatoms. The summed E-state index contributed by atoms with van der Waals surface area (Å²) in [5.41, 5.74) is 1.90. The van der Waals surface area contributed by atoms with Crippen LogP contribution in [0.5, 0.6) is 0 Å². The number of benzene rings is 1. The molecule has 0 aromatic heterocycles. The molecular formula is C15H24O5Si. The third kappa shape index (κ3) is 4.94. The molecule has 0 aliphatic carbocycles. The predicted octanol–water partition coefficient (Wildman–Crippen LogP) is 2.67. The standard InChI is InChI=1S/C15H24O5Si/c1-6-19-11-14-7-9-15(10-8-14)12-20-13(2)21(16-3,17-4)18-5/h6-10,13H,1,11-12H2,2-5H3. The summed E-state index contributed by atoms with van der Waals surface area (Å²) in [6.45, 7) is 6.40. The summed E-state index contributed by atoms with van der Waals surface area (Å²) in [5.74, 6) is 0. The molecule has 0 saturated heterocycles. The summed E-state index contributed by atoms with van der Waals surface area (Å²) in [5, 5.41) is 0. The van der Waals surface area contributed by atoms with Crippen LogP contribution in [-0.4, -0.2) is 35.9 Å². The molecule has 0 amide bonds. The number of ether oxygens (including phenoxy) is 2. The summed E-state index contributed by atoms with van der Waals surface area (Å²) in [4.78, 5) is 0. The van der Waals surface area contributed by atoms with Crippen LogP contribution in [0.1, 0.15) is 18.1 Å². The Morgan fingerprint density at radius 1 is 1.00 bits per heavy atom. The Morgan fingerprint density at radius 2 is 1.48 bits per heavy atom. The Bertz CT molecular complexity index is 408. The lowest BCUT2D eigenvalue weighted by Gasteiger charge is -2.29. The minimum Gasteiger partial charge on any atom is -0.497 e. The van der Waals surface area contributed by atoms with Crippen molar-refractivity contribution in [2.45, 2.75) is 25.9 Å². The van der Waals surface area contributed by atoms with Crippen molar-refractivity contribution in [3.63, 3.8) is 0 Å². The third-order valence-corrected chi connectivity index (χ3v) is 6.11. The first-order valence-electron chi connectivity index (χ1n) is 6.69. The fraction of sp³-hybridized carbons (Fsp3) is 0.467. The molecule has 0 fully saturated rings. The smallest absolute Gasteiger partial charge is 0.497 e. The summed E-state index contributed by atoms with van der Waals surface area (Å²) < 4.78 is 27.1. The van der Waals surface area contributed by atoms with Crippen LogP contribution >= 0.6 is 0 Å². The highest BCUT2D eigenvalue weighted by atomic mass is 28.4. The van der Waals surface area contributed by atoms with Gasteiger partial charge in [-0.05, 0) is 18.1 Å². The Morgan fingerprint density at radius 3 is 1.90 bits per heavy atom. The molecule has 0 radical (unpaired) electrons. The van der Waals surface area contributed by atoms with Crippen LogP contribution in [-0.2, 0) is 36.0 Å². The van der Waals surface area contributed by atoms with E-state index in [9.17, 15) is 0 Å². The highest BCUT2D eigenvalue weighted by molar-refractivity contribution is 6.61. The van der Waals surface area contributed by atoms with Gasteiger partial charge in [0.25, 0.3) is 0 Å². The monoisotopic (exact) mass is 312 g/mol. The van der Waals surface area contributed by atoms with E-state index in [1.54, 1.807) is 21.3 Å². The average molecular weight is 312 g/mol. The molecule has 5 nitrogen and oxygen atoms in total. The van der Waals surface area contributed by atoms with Gasteiger partial charge >= 0.3 is 8.80 Å². The highest BCUT2D eigenvalue weighted by Gasteiger charge is 2.45. The van der Waals surface area contributed by atoms with Crippen LogP contribution in [0.25, 0.3) is 0 Å². The van der Waals surface area contributed by atoms with Gasteiger partial charge in [-0.25, -0.2) is 0 Å². The maximum atomic E-state index is 5.83. The minimum atomic E-state index is -2.76. The molecule has 0 N–H and O–H groups in total. The molecule has 21 heavy (non-hydrogen) atoms. The summed E-state index contributed by atoms with van der Waals surface area (Å²) in [6.07, 6.45) is 1.43. The van der Waals surface area contributed by atoms with Gasteiger partial charge in [-0.15, -0.1) is 0 Å². The molecule has 1 aromatic rings. The van der Waals surface area contributed by atoms with Gasteiger partial charge in [-0.3, -0.25) is 0 Å². The van der Waals surface area contributed by atoms with E-state index in [0.717, 1.165) is 11.1 Å². The number of hydrogen-bond donors (Lipinski definition) is 0. The first-order chi connectivity index (χ1) is 10.1. The van der Waals surface area contributed by atoms with Gasteiger partial charge in [0.2, 0.25) is 0 Å². The van der Waals surface area contributed by atoms with Gasteiger partial charge in [0.15, 0.2) is 0 Å². The van der Waals surface area contributed by atoms with E-state index >= 15 is 0 Å².